The van der Waals surface area contributed by atoms with Crippen molar-refractivity contribution < 1.29 is 23.9 Å². The number of rotatable bonds is 10. The van der Waals surface area contributed by atoms with Crippen molar-refractivity contribution in [3.8, 4) is 5.75 Å². The number of amides is 2. The summed E-state index contributed by atoms with van der Waals surface area (Å²) in [6.45, 7) is 4.05. The van der Waals surface area contributed by atoms with E-state index in [0.29, 0.717) is 34.3 Å². The highest BCUT2D eigenvalue weighted by Crippen LogP contribution is 2.40. The SMILES string of the molecule is CCC(Sc1cccc(NC(=O)COc2ccccc2)c1)C(=O)Nc1sc2c(c1C(=O)OC)CCC(C)C2. The van der Waals surface area contributed by atoms with E-state index in [1.165, 1.54) is 30.2 Å². The number of hydrogen-bond acceptors (Lipinski definition) is 7. The number of fused-ring (bicyclic) bond motifs is 1. The summed E-state index contributed by atoms with van der Waals surface area (Å²) < 4.78 is 10.6. The molecule has 0 fully saturated rings. The first-order valence-electron chi connectivity index (χ1n) is 12.7. The largest absolute Gasteiger partial charge is 0.484 e. The lowest BCUT2D eigenvalue weighted by Crippen LogP contribution is -2.25. The molecule has 1 aliphatic rings. The number of ether oxygens (including phenoxy) is 2. The van der Waals surface area contributed by atoms with Gasteiger partial charge in [-0.05, 0) is 67.5 Å². The van der Waals surface area contributed by atoms with Crippen LogP contribution in [0, 0.1) is 5.92 Å². The number of para-hydroxylation sites is 1. The maximum absolute atomic E-state index is 13.3. The van der Waals surface area contributed by atoms with Gasteiger partial charge in [-0.3, -0.25) is 9.59 Å². The number of nitrogens with one attached hydrogen (secondary N) is 2. The number of benzene rings is 2. The second-order valence-electron chi connectivity index (χ2n) is 9.23. The zero-order valence-electron chi connectivity index (χ0n) is 21.7. The van der Waals surface area contributed by atoms with Crippen LogP contribution in [0.2, 0.25) is 0 Å². The Morgan fingerprint density at radius 1 is 1.11 bits per heavy atom. The van der Waals surface area contributed by atoms with Crippen molar-refractivity contribution in [2.75, 3.05) is 24.4 Å². The summed E-state index contributed by atoms with van der Waals surface area (Å²) >= 11 is 2.90. The molecule has 0 bridgehead atoms. The van der Waals surface area contributed by atoms with Crippen LogP contribution >= 0.6 is 23.1 Å². The fraction of sp³-hybridized carbons (Fsp3) is 0.345. The van der Waals surface area contributed by atoms with Gasteiger partial charge in [0.2, 0.25) is 5.91 Å². The monoisotopic (exact) mass is 552 g/mol. The first kappa shape index (κ1) is 27.7. The van der Waals surface area contributed by atoms with E-state index in [1.807, 2.05) is 43.3 Å². The minimum atomic E-state index is -0.409. The lowest BCUT2D eigenvalue weighted by molar-refractivity contribution is -0.118. The number of methoxy groups -OCH3 is 1. The summed E-state index contributed by atoms with van der Waals surface area (Å²) in [5.41, 5.74) is 2.13. The molecule has 2 unspecified atom stereocenters. The second-order valence-corrected chi connectivity index (χ2v) is 11.6. The van der Waals surface area contributed by atoms with Crippen LogP contribution in [0.15, 0.2) is 59.5 Å². The lowest BCUT2D eigenvalue weighted by atomic mass is 9.88. The predicted molar refractivity (Wildman–Crippen MR) is 152 cm³/mol. The summed E-state index contributed by atoms with van der Waals surface area (Å²) in [6.07, 6.45) is 3.32. The van der Waals surface area contributed by atoms with Crippen LogP contribution in [0.4, 0.5) is 10.7 Å². The molecule has 0 radical (unpaired) electrons. The highest BCUT2D eigenvalue weighted by Gasteiger charge is 2.30. The van der Waals surface area contributed by atoms with Gasteiger partial charge in [-0.1, -0.05) is 38.1 Å². The minimum Gasteiger partial charge on any atom is -0.484 e. The topological polar surface area (TPSA) is 93.7 Å². The number of thiophene rings is 1. The van der Waals surface area contributed by atoms with E-state index in [1.54, 1.807) is 18.2 Å². The summed E-state index contributed by atoms with van der Waals surface area (Å²) in [5, 5.41) is 6.05. The molecule has 3 aromatic rings. The van der Waals surface area contributed by atoms with E-state index >= 15 is 0 Å². The summed E-state index contributed by atoms with van der Waals surface area (Å²) in [7, 11) is 1.37. The lowest BCUT2D eigenvalue weighted by Gasteiger charge is -2.18. The molecule has 9 heteroatoms. The normalized spacial score (nSPS) is 15.2. The molecule has 2 atom stereocenters. The number of carbonyl (C=O) groups is 3. The quantitative estimate of drug-likeness (QED) is 0.230. The third-order valence-electron chi connectivity index (χ3n) is 6.31. The van der Waals surface area contributed by atoms with Crippen molar-refractivity contribution in [1.29, 1.82) is 0 Å². The average molecular weight is 553 g/mol. The Hall–Kier alpha value is -3.30. The van der Waals surface area contributed by atoms with E-state index < -0.39 is 5.97 Å². The summed E-state index contributed by atoms with van der Waals surface area (Å²) in [6, 6.07) is 16.5. The van der Waals surface area contributed by atoms with Gasteiger partial charge in [-0.15, -0.1) is 23.1 Å². The molecular weight excluding hydrogens is 520 g/mol. The van der Waals surface area contributed by atoms with Gasteiger partial charge in [-0.2, -0.15) is 0 Å². The predicted octanol–water partition coefficient (Wildman–Crippen LogP) is 6.19. The van der Waals surface area contributed by atoms with Gasteiger partial charge in [0.05, 0.1) is 17.9 Å². The molecule has 1 heterocycles. The van der Waals surface area contributed by atoms with Crippen LogP contribution in [-0.4, -0.2) is 36.8 Å². The minimum absolute atomic E-state index is 0.104. The van der Waals surface area contributed by atoms with E-state index in [-0.39, 0.29) is 23.7 Å². The van der Waals surface area contributed by atoms with Crippen LogP contribution in [0.25, 0.3) is 0 Å². The van der Waals surface area contributed by atoms with Gasteiger partial charge in [0.1, 0.15) is 10.8 Å². The number of hydrogen-bond donors (Lipinski definition) is 2. The maximum Gasteiger partial charge on any atom is 0.341 e. The van der Waals surface area contributed by atoms with Crippen molar-refractivity contribution in [2.24, 2.45) is 5.92 Å². The molecule has 2 amide bonds. The molecule has 0 spiro atoms. The Morgan fingerprint density at radius 2 is 1.89 bits per heavy atom. The zero-order valence-corrected chi connectivity index (χ0v) is 23.4. The Labute approximate surface area is 231 Å². The van der Waals surface area contributed by atoms with Gasteiger partial charge in [0.15, 0.2) is 6.61 Å². The van der Waals surface area contributed by atoms with Crippen molar-refractivity contribution in [3.05, 3.63) is 70.6 Å². The van der Waals surface area contributed by atoms with Crippen molar-refractivity contribution in [3.63, 3.8) is 0 Å². The fourth-order valence-corrected chi connectivity index (χ4v) is 6.76. The standard InChI is InChI=1S/C29H32N2O5S2/c1-4-23(27(33)31-28-26(29(34)35-3)22-14-13-18(2)15-24(22)38-28)37-21-12-8-9-19(16-21)30-25(32)17-36-20-10-6-5-7-11-20/h5-12,16,18,23H,4,13-15,17H2,1-3H3,(H,30,32)(H,31,33). The van der Waals surface area contributed by atoms with Crippen LogP contribution in [0.5, 0.6) is 5.75 Å². The number of anilines is 2. The third kappa shape index (κ3) is 6.96. The van der Waals surface area contributed by atoms with Crippen molar-refractivity contribution in [2.45, 2.75) is 49.7 Å². The molecular formula is C29H32N2O5S2. The molecule has 4 rings (SSSR count). The molecule has 0 saturated carbocycles. The smallest absolute Gasteiger partial charge is 0.341 e. The molecule has 0 aliphatic heterocycles. The van der Waals surface area contributed by atoms with Crippen LogP contribution in [0.3, 0.4) is 0 Å². The number of thioether (sulfide) groups is 1. The average Bonchev–Trinajstić information content (AvgIpc) is 3.27. The molecule has 7 nitrogen and oxygen atoms in total. The van der Waals surface area contributed by atoms with Crippen LogP contribution < -0.4 is 15.4 Å². The zero-order chi connectivity index (χ0) is 27.1. The van der Waals surface area contributed by atoms with Crippen LogP contribution in [-0.2, 0) is 27.2 Å². The third-order valence-corrected chi connectivity index (χ3v) is 8.84. The van der Waals surface area contributed by atoms with Crippen molar-refractivity contribution >= 4 is 51.6 Å². The van der Waals surface area contributed by atoms with Gasteiger partial charge in [-0.25, -0.2) is 4.79 Å². The fourth-order valence-electron chi connectivity index (χ4n) is 4.35. The molecule has 2 N–H and O–H groups in total. The van der Waals surface area contributed by atoms with E-state index in [4.69, 9.17) is 9.47 Å². The summed E-state index contributed by atoms with van der Waals surface area (Å²) in [4.78, 5) is 40.3. The van der Waals surface area contributed by atoms with Crippen LogP contribution in [0.1, 0.15) is 47.5 Å². The van der Waals surface area contributed by atoms with E-state index in [9.17, 15) is 14.4 Å². The van der Waals surface area contributed by atoms with E-state index in [0.717, 1.165) is 34.6 Å². The van der Waals surface area contributed by atoms with Gasteiger partial charge >= 0.3 is 5.97 Å². The molecule has 1 aliphatic carbocycles. The Bertz CT molecular complexity index is 1290. The highest BCUT2D eigenvalue weighted by molar-refractivity contribution is 8.00. The Balaban J connectivity index is 1.41. The highest BCUT2D eigenvalue weighted by atomic mass is 32.2. The molecule has 1 aromatic heterocycles. The molecule has 38 heavy (non-hydrogen) atoms. The summed E-state index contributed by atoms with van der Waals surface area (Å²) in [5.74, 6) is 0.326. The second kappa shape index (κ2) is 13.0. The number of esters is 1. The molecule has 200 valence electrons. The van der Waals surface area contributed by atoms with Gasteiger partial charge in [0.25, 0.3) is 5.91 Å². The Morgan fingerprint density at radius 3 is 2.63 bits per heavy atom. The Kier molecular flexibility index (Phi) is 9.47. The van der Waals surface area contributed by atoms with Gasteiger partial charge in [0, 0.05) is 15.5 Å². The molecule has 0 saturated heterocycles. The van der Waals surface area contributed by atoms with E-state index in [2.05, 4.69) is 17.6 Å². The van der Waals surface area contributed by atoms with Gasteiger partial charge < -0.3 is 20.1 Å². The first-order chi connectivity index (χ1) is 18.4. The van der Waals surface area contributed by atoms with Crippen molar-refractivity contribution in [1.82, 2.24) is 0 Å². The maximum atomic E-state index is 13.3. The number of carbonyl (C=O) groups excluding carboxylic acids is 3. The first-order valence-corrected chi connectivity index (χ1v) is 14.4. The molecule has 2 aromatic carbocycles.